The normalized spacial score (nSPS) is 10.9. The number of hydrogen-bond donors (Lipinski definition) is 1. The van der Waals surface area contributed by atoms with Gasteiger partial charge in [0.2, 0.25) is 0 Å². The maximum atomic E-state index is 12.0. The van der Waals surface area contributed by atoms with E-state index in [9.17, 15) is 4.79 Å². The number of furan rings is 1. The van der Waals surface area contributed by atoms with Crippen LogP contribution in [0.1, 0.15) is 30.2 Å². The molecule has 0 aliphatic rings. The van der Waals surface area contributed by atoms with Crippen molar-refractivity contribution in [2.75, 3.05) is 13.7 Å². The maximum absolute atomic E-state index is 12.0. The van der Waals surface area contributed by atoms with Crippen molar-refractivity contribution in [1.82, 2.24) is 15.5 Å². The summed E-state index contributed by atoms with van der Waals surface area (Å²) < 4.78 is 10.8. The zero-order valence-electron chi connectivity index (χ0n) is 16.1. The van der Waals surface area contributed by atoms with Gasteiger partial charge in [-0.2, -0.15) is 0 Å². The molecule has 3 aromatic rings. The van der Waals surface area contributed by atoms with Gasteiger partial charge in [0.1, 0.15) is 16.5 Å². The van der Waals surface area contributed by atoms with Gasteiger partial charge in [-0.25, -0.2) is 0 Å². The minimum Gasteiger partial charge on any atom is -0.497 e. The Morgan fingerprint density at radius 1 is 1.11 bits per heavy atom. The monoisotopic (exact) mass is 397 g/mol. The van der Waals surface area contributed by atoms with Crippen LogP contribution in [-0.4, -0.2) is 29.8 Å². The molecule has 2 aromatic heterocycles. The Labute approximate surface area is 168 Å². The van der Waals surface area contributed by atoms with Crippen LogP contribution in [0.15, 0.2) is 58.0 Å². The molecule has 1 N–H and O–H groups in total. The van der Waals surface area contributed by atoms with Crippen LogP contribution >= 0.6 is 11.8 Å². The third-order valence-electron chi connectivity index (χ3n) is 3.94. The molecule has 28 heavy (non-hydrogen) atoms. The van der Waals surface area contributed by atoms with Gasteiger partial charge >= 0.3 is 0 Å². The minimum atomic E-state index is -0.186. The molecule has 0 spiro atoms. The number of amides is 1. The van der Waals surface area contributed by atoms with Crippen molar-refractivity contribution < 1.29 is 13.9 Å². The quantitative estimate of drug-likeness (QED) is 0.567. The van der Waals surface area contributed by atoms with E-state index in [1.165, 1.54) is 11.8 Å². The van der Waals surface area contributed by atoms with Gasteiger partial charge in [0.05, 0.1) is 18.6 Å². The van der Waals surface area contributed by atoms with E-state index in [0.29, 0.717) is 24.0 Å². The van der Waals surface area contributed by atoms with E-state index >= 15 is 0 Å². The molecular formula is C21H23N3O3S. The second-order valence-electron chi connectivity index (χ2n) is 6.64. The molecule has 2 heterocycles. The van der Waals surface area contributed by atoms with Gasteiger partial charge < -0.3 is 14.5 Å². The van der Waals surface area contributed by atoms with Crippen LogP contribution in [0.3, 0.4) is 0 Å². The van der Waals surface area contributed by atoms with Gasteiger partial charge in [-0.15, -0.1) is 10.2 Å². The van der Waals surface area contributed by atoms with Gasteiger partial charge in [-0.1, -0.05) is 25.6 Å². The minimum absolute atomic E-state index is 0.186. The zero-order chi connectivity index (χ0) is 19.9. The highest BCUT2D eigenvalue weighted by Crippen LogP contribution is 2.24. The average molecular weight is 398 g/mol. The number of nitrogens with one attached hydrogen (secondary N) is 1. The first-order chi connectivity index (χ1) is 13.5. The van der Waals surface area contributed by atoms with E-state index in [1.54, 1.807) is 13.2 Å². The number of hydrogen-bond acceptors (Lipinski definition) is 6. The number of nitrogens with zero attached hydrogens (tertiary/aromatic N) is 2. The number of carbonyl (C=O) groups is 1. The first kappa shape index (κ1) is 19.9. The fourth-order valence-corrected chi connectivity index (χ4v) is 3.13. The van der Waals surface area contributed by atoms with Crippen LogP contribution < -0.4 is 10.1 Å². The maximum Gasteiger partial charge on any atom is 0.287 e. The molecule has 0 radical (unpaired) electrons. The van der Waals surface area contributed by atoms with Gasteiger partial charge in [0.25, 0.3) is 5.91 Å². The predicted octanol–water partition coefficient (Wildman–Crippen LogP) is 4.42. The van der Waals surface area contributed by atoms with Crippen LogP contribution in [0, 0.1) is 5.92 Å². The van der Waals surface area contributed by atoms with Crippen molar-refractivity contribution in [3.63, 3.8) is 0 Å². The van der Waals surface area contributed by atoms with Gasteiger partial charge in [0.15, 0.2) is 5.76 Å². The lowest BCUT2D eigenvalue weighted by Gasteiger charge is -2.05. The fraction of sp³-hybridized carbons (Fsp3) is 0.286. The highest BCUT2D eigenvalue weighted by Gasteiger charge is 2.12. The lowest BCUT2D eigenvalue weighted by Crippen LogP contribution is -2.26. The van der Waals surface area contributed by atoms with Crippen molar-refractivity contribution in [2.24, 2.45) is 5.92 Å². The summed E-state index contributed by atoms with van der Waals surface area (Å²) >= 11 is 1.51. The summed E-state index contributed by atoms with van der Waals surface area (Å²) in [4.78, 5) is 12.0. The fourth-order valence-electron chi connectivity index (χ4n) is 2.42. The smallest absolute Gasteiger partial charge is 0.287 e. The van der Waals surface area contributed by atoms with E-state index in [0.717, 1.165) is 27.8 Å². The lowest BCUT2D eigenvalue weighted by molar-refractivity contribution is 0.0920. The molecule has 0 aliphatic heterocycles. The molecular weight excluding hydrogens is 374 g/mol. The van der Waals surface area contributed by atoms with Gasteiger partial charge in [-0.3, -0.25) is 4.79 Å². The van der Waals surface area contributed by atoms with E-state index in [2.05, 4.69) is 15.5 Å². The van der Waals surface area contributed by atoms with Crippen molar-refractivity contribution in [3.05, 3.63) is 60.1 Å². The molecule has 0 unspecified atom stereocenters. The topological polar surface area (TPSA) is 77.2 Å². The van der Waals surface area contributed by atoms with Crippen LogP contribution in [0.25, 0.3) is 11.3 Å². The Hall–Kier alpha value is -2.80. The highest BCUT2D eigenvalue weighted by molar-refractivity contribution is 7.98. The second-order valence-corrected chi connectivity index (χ2v) is 7.64. The third kappa shape index (κ3) is 5.36. The zero-order valence-corrected chi connectivity index (χ0v) is 17.0. The number of ether oxygens (including phenoxy) is 1. The van der Waals surface area contributed by atoms with Crippen molar-refractivity contribution in [1.29, 1.82) is 0 Å². The first-order valence-electron chi connectivity index (χ1n) is 9.03. The molecule has 1 amide bonds. The number of aromatic nitrogens is 2. The summed E-state index contributed by atoms with van der Waals surface area (Å²) in [6.07, 6.45) is 0. The highest BCUT2D eigenvalue weighted by atomic mass is 32.2. The first-order valence-corrected chi connectivity index (χ1v) is 10.0. The van der Waals surface area contributed by atoms with E-state index < -0.39 is 0 Å². The summed E-state index contributed by atoms with van der Waals surface area (Å²) in [5, 5.41) is 12.2. The summed E-state index contributed by atoms with van der Waals surface area (Å²) in [5.41, 5.74) is 1.78. The molecule has 6 nitrogen and oxygen atoms in total. The standard InChI is InChI=1S/C21H23N3O3S/c1-14(2)12-22-21(25)19-10-8-17(27-19)13-28-20-11-9-18(23-24-20)15-4-6-16(26-3)7-5-15/h4-11,14H,12-13H2,1-3H3,(H,22,25). The molecule has 7 heteroatoms. The summed E-state index contributed by atoms with van der Waals surface area (Å²) in [7, 11) is 1.64. The van der Waals surface area contributed by atoms with Crippen LogP contribution in [0.5, 0.6) is 5.75 Å². The Morgan fingerprint density at radius 2 is 1.89 bits per heavy atom. The van der Waals surface area contributed by atoms with Crippen molar-refractivity contribution >= 4 is 17.7 Å². The molecule has 1 aromatic carbocycles. The number of methoxy groups -OCH3 is 1. The van der Waals surface area contributed by atoms with Crippen molar-refractivity contribution in [2.45, 2.75) is 24.6 Å². The Kier molecular flexibility index (Phi) is 6.71. The van der Waals surface area contributed by atoms with Gasteiger partial charge in [-0.05, 0) is 54.4 Å². The van der Waals surface area contributed by atoms with Crippen LogP contribution in [0.4, 0.5) is 0 Å². The van der Waals surface area contributed by atoms with Crippen LogP contribution in [0.2, 0.25) is 0 Å². The molecule has 0 saturated heterocycles. The summed E-state index contributed by atoms with van der Waals surface area (Å²) in [6.45, 7) is 4.72. The molecule has 0 atom stereocenters. The number of carbonyl (C=O) groups excluding carboxylic acids is 1. The summed E-state index contributed by atoms with van der Waals surface area (Å²) in [5.74, 6) is 2.65. The molecule has 0 fully saturated rings. The summed E-state index contributed by atoms with van der Waals surface area (Å²) in [6, 6.07) is 15.1. The molecule has 3 rings (SSSR count). The second kappa shape index (κ2) is 9.41. The van der Waals surface area contributed by atoms with Crippen molar-refractivity contribution in [3.8, 4) is 17.0 Å². The Balaban J connectivity index is 1.55. The average Bonchev–Trinajstić information content (AvgIpc) is 3.20. The number of thioether (sulfide) groups is 1. The third-order valence-corrected chi connectivity index (χ3v) is 4.89. The largest absolute Gasteiger partial charge is 0.497 e. The molecule has 0 saturated carbocycles. The molecule has 0 bridgehead atoms. The Bertz CT molecular complexity index is 905. The molecule has 0 aliphatic carbocycles. The SMILES string of the molecule is COc1ccc(-c2ccc(SCc3ccc(C(=O)NCC(C)C)o3)nn2)cc1. The van der Waals surface area contributed by atoms with E-state index in [-0.39, 0.29) is 5.91 Å². The van der Waals surface area contributed by atoms with E-state index in [4.69, 9.17) is 9.15 Å². The predicted molar refractivity (Wildman–Crippen MR) is 109 cm³/mol. The Morgan fingerprint density at radius 3 is 2.54 bits per heavy atom. The number of benzene rings is 1. The number of rotatable bonds is 8. The van der Waals surface area contributed by atoms with Gasteiger partial charge in [0, 0.05) is 12.1 Å². The lowest BCUT2D eigenvalue weighted by atomic mass is 10.1. The van der Waals surface area contributed by atoms with Crippen LogP contribution in [-0.2, 0) is 5.75 Å². The van der Waals surface area contributed by atoms with E-state index in [1.807, 2.05) is 56.3 Å². The molecule has 146 valence electrons.